The summed E-state index contributed by atoms with van der Waals surface area (Å²) in [7, 11) is 0. The molecule has 0 spiro atoms. The van der Waals surface area contributed by atoms with Crippen molar-refractivity contribution in [1.82, 2.24) is 10.6 Å². The van der Waals surface area contributed by atoms with E-state index in [1.165, 1.54) is 6.92 Å². The fraction of sp³-hybridized carbons (Fsp3) is 0.760. The molecule has 10 heteroatoms. The van der Waals surface area contributed by atoms with E-state index in [2.05, 4.69) is 38.0 Å². The number of hydrogen-bond acceptors (Lipinski definition) is 8. The van der Waals surface area contributed by atoms with E-state index in [1.54, 1.807) is 20.8 Å². The Morgan fingerprint density at radius 1 is 0.886 bits per heavy atom. The summed E-state index contributed by atoms with van der Waals surface area (Å²) in [5.74, 6) is -0.890. The number of carbonyl (C=O) groups is 4. The van der Waals surface area contributed by atoms with E-state index in [0.717, 1.165) is 12.8 Å². The van der Waals surface area contributed by atoms with Crippen molar-refractivity contribution in [3.8, 4) is 0 Å². The van der Waals surface area contributed by atoms with Gasteiger partial charge in [0, 0.05) is 18.2 Å². The molecule has 0 saturated heterocycles. The van der Waals surface area contributed by atoms with Gasteiger partial charge in [-0.15, -0.1) is 0 Å². The topological polar surface area (TPSA) is 129 Å². The first-order chi connectivity index (χ1) is 16.0. The standard InChI is InChI=1S/C25H42N2O8/c1-17(2)19(28)32-9-11-35-22(31)27-18-13-24(6,7)15-25(8,14-18)16-26-21(30)34-12-10-33-20(29)23(3,4)5/h18H,1,9-16H2,2-8H3,(H,26,30)(H,27,31). The van der Waals surface area contributed by atoms with Crippen molar-refractivity contribution < 1.29 is 38.1 Å². The van der Waals surface area contributed by atoms with Crippen LogP contribution in [0.1, 0.15) is 67.7 Å². The molecule has 2 atom stereocenters. The lowest BCUT2D eigenvalue weighted by atomic mass is 9.62. The van der Waals surface area contributed by atoms with Gasteiger partial charge in [0.2, 0.25) is 0 Å². The zero-order chi connectivity index (χ0) is 26.9. The normalized spacial score (nSPS) is 21.3. The van der Waals surface area contributed by atoms with Gasteiger partial charge in [-0.05, 0) is 57.8 Å². The maximum atomic E-state index is 12.2. The van der Waals surface area contributed by atoms with E-state index < -0.39 is 23.6 Å². The maximum absolute atomic E-state index is 12.2. The molecule has 1 saturated carbocycles. The van der Waals surface area contributed by atoms with Gasteiger partial charge in [0.15, 0.2) is 0 Å². The highest BCUT2D eigenvalue weighted by atomic mass is 16.6. The largest absolute Gasteiger partial charge is 0.462 e. The van der Waals surface area contributed by atoms with E-state index in [0.29, 0.717) is 13.0 Å². The van der Waals surface area contributed by atoms with Gasteiger partial charge in [-0.2, -0.15) is 0 Å². The Kier molecular flexibility index (Phi) is 11.1. The number of esters is 2. The van der Waals surface area contributed by atoms with Crippen LogP contribution in [0.4, 0.5) is 9.59 Å². The van der Waals surface area contributed by atoms with Gasteiger partial charge in [0.1, 0.15) is 26.4 Å². The van der Waals surface area contributed by atoms with Gasteiger partial charge in [0.05, 0.1) is 5.41 Å². The summed E-state index contributed by atoms with van der Waals surface area (Å²) in [6, 6.07) is -0.149. The zero-order valence-electron chi connectivity index (χ0n) is 22.2. The van der Waals surface area contributed by atoms with Crippen molar-refractivity contribution in [3.05, 3.63) is 12.2 Å². The Bertz CT molecular complexity index is 787. The van der Waals surface area contributed by atoms with Crippen molar-refractivity contribution in [1.29, 1.82) is 0 Å². The van der Waals surface area contributed by atoms with E-state index >= 15 is 0 Å². The third-order valence-corrected chi connectivity index (χ3v) is 5.49. The lowest BCUT2D eigenvalue weighted by Crippen LogP contribution is -2.50. The monoisotopic (exact) mass is 498 g/mol. The minimum absolute atomic E-state index is 0.00563. The minimum atomic E-state index is -0.612. The number of amides is 2. The van der Waals surface area contributed by atoms with Crippen LogP contribution in [0.2, 0.25) is 0 Å². The number of carbonyl (C=O) groups excluding carboxylic acids is 4. The van der Waals surface area contributed by atoms with Crippen LogP contribution in [0, 0.1) is 16.2 Å². The summed E-state index contributed by atoms with van der Waals surface area (Å²) in [4.78, 5) is 47.4. The third kappa shape index (κ3) is 12.0. The molecular weight excluding hydrogens is 456 g/mol. The summed E-state index contributed by atoms with van der Waals surface area (Å²) in [6.45, 7) is 16.8. The summed E-state index contributed by atoms with van der Waals surface area (Å²) < 4.78 is 20.2. The molecule has 10 nitrogen and oxygen atoms in total. The fourth-order valence-corrected chi connectivity index (χ4v) is 4.29. The molecule has 1 rings (SSSR count). The Hall–Kier alpha value is -2.78. The summed E-state index contributed by atoms with van der Waals surface area (Å²) in [6.07, 6.45) is 1.06. The number of rotatable bonds is 10. The Morgan fingerprint density at radius 3 is 2.00 bits per heavy atom. The second kappa shape index (κ2) is 12.8. The first kappa shape index (κ1) is 30.3. The molecular formula is C25H42N2O8. The molecule has 1 aliphatic carbocycles. The van der Waals surface area contributed by atoms with Crippen LogP contribution in [-0.4, -0.2) is 63.1 Å². The average Bonchev–Trinajstić information content (AvgIpc) is 2.70. The maximum Gasteiger partial charge on any atom is 0.407 e. The Balaban J connectivity index is 2.45. The van der Waals surface area contributed by atoms with Crippen molar-refractivity contribution in [3.63, 3.8) is 0 Å². The first-order valence-corrected chi connectivity index (χ1v) is 11.9. The summed E-state index contributed by atoms with van der Waals surface area (Å²) in [5, 5.41) is 5.66. The van der Waals surface area contributed by atoms with E-state index in [9.17, 15) is 19.2 Å². The molecule has 0 heterocycles. The zero-order valence-corrected chi connectivity index (χ0v) is 22.2. The van der Waals surface area contributed by atoms with Crippen molar-refractivity contribution >= 4 is 24.1 Å². The summed E-state index contributed by atoms with van der Waals surface area (Å²) >= 11 is 0. The highest BCUT2D eigenvalue weighted by molar-refractivity contribution is 5.86. The Morgan fingerprint density at radius 2 is 1.43 bits per heavy atom. The van der Waals surface area contributed by atoms with Crippen molar-refractivity contribution in [2.75, 3.05) is 33.0 Å². The molecule has 2 N–H and O–H groups in total. The van der Waals surface area contributed by atoms with Crippen LogP contribution in [0.3, 0.4) is 0 Å². The quantitative estimate of drug-likeness (QED) is 0.202. The van der Waals surface area contributed by atoms with Gasteiger partial charge in [0.25, 0.3) is 0 Å². The van der Waals surface area contributed by atoms with Crippen LogP contribution in [0.5, 0.6) is 0 Å². The first-order valence-electron chi connectivity index (χ1n) is 11.9. The Labute approximate surface area is 208 Å². The van der Waals surface area contributed by atoms with Gasteiger partial charge >= 0.3 is 24.1 Å². The molecule has 0 aromatic rings. The molecule has 2 unspecified atom stereocenters. The number of ether oxygens (including phenoxy) is 4. The molecule has 200 valence electrons. The average molecular weight is 499 g/mol. The van der Waals surface area contributed by atoms with Crippen LogP contribution in [-0.2, 0) is 28.5 Å². The van der Waals surface area contributed by atoms with Gasteiger partial charge < -0.3 is 29.6 Å². The van der Waals surface area contributed by atoms with Crippen LogP contribution < -0.4 is 10.6 Å². The molecule has 0 radical (unpaired) electrons. The third-order valence-electron chi connectivity index (χ3n) is 5.49. The highest BCUT2D eigenvalue weighted by Crippen LogP contribution is 2.45. The van der Waals surface area contributed by atoms with Gasteiger partial charge in [-0.1, -0.05) is 27.4 Å². The second-order valence-corrected chi connectivity index (χ2v) is 11.3. The molecule has 1 fully saturated rings. The predicted octanol–water partition coefficient (Wildman–Crippen LogP) is 3.73. The van der Waals surface area contributed by atoms with Crippen molar-refractivity contribution in [2.45, 2.75) is 73.8 Å². The van der Waals surface area contributed by atoms with E-state index in [1.807, 2.05) is 0 Å². The molecule has 0 aromatic carbocycles. The van der Waals surface area contributed by atoms with E-state index in [-0.39, 0.29) is 54.8 Å². The predicted molar refractivity (Wildman–Crippen MR) is 130 cm³/mol. The van der Waals surface area contributed by atoms with Crippen LogP contribution in [0.15, 0.2) is 12.2 Å². The number of nitrogens with one attached hydrogen (secondary N) is 2. The fourth-order valence-electron chi connectivity index (χ4n) is 4.29. The van der Waals surface area contributed by atoms with Gasteiger partial charge in [-0.3, -0.25) is 4.79 Å². The van der Waals surface area contributed by atoms with E-state index in [4.69, 9.17) is 18.9 Å². The number of hydrogen-bond donors (Lipinski definition) is 2. The van der Waals surface area contributed by atoms with Crippen molar-refractivity contribution in [2.24, 2.45) is 16.2 Å². The second-order valence-electron chi connectivity index (χ2n) is 11.3. The molecule has 1 aliphatic rings. The highest BCUT2D eigenvalue weighted by Gasteiger charge is 2.42. The molecule has 0 aliphatic heterocycles. The van der Waals surface area contributed by atoms with Gasteiger partial charge in [-0.25, -0.2) is 14.4 Å². The lowest BCUT2D eigenvalue weighted by Gasteiger charge is -2.46. The van der Waals surface area contributed by atoms with Crippen LogP contribution in [0.25, 0.3) is 0 Å². The molecule has 0 bridgehead atoms. The minimum Gasteiger partial charge on any atom is -0.462 e. The SMILES string of the molecule is C=C(C)C(=O)OCCOC(=O)NC1CC(C)(C)CC(C)(CNC(=O)OCCOC(=O)C(C)(C)C)C1. The number of alkyl carbamates (subject to hydrolysis) is 2. The lowest BCUT2D eigenvalue weighted by molar-refractivity contribution is -0.153. The molecule has 35 heavy (non-hydrogen) atoms. The summed E-state index contributed by atoms with van der Waals surface area (Å²) in [5.41, 5.74) is -0.693. The van der Waals surface area contributed by atoms with Crippen LogP contribution >= 0.6 is 0 Å². The molecule has 2 amide bonds. The smallest absolute Gasteiger partial charge is 0.407 e. The molecule has 0 aromatic heterocycles.